The van der Waals surface area contributed by atoms with Crippen molar-refractivity contribution in [3.8, 4) is 0 Å². The molecule has 4 nitrogen and oxygen atoms in total. The van der Waals surface area contributed by atoms with Gasteiger partial charge in [-0.3, -0.25) is 4.79 Å². The van der Waals surface area contributed by atoms with Crippen LogP contribution in [0.5, 0.6) is 0 Å². The highest BCUT2D eigenvalue weighted by atomic mass is 32.1. The Morgan fingerprint density at radius 1 is 1.60 bits per heavy atom. The second kappa shape index (κ2) is 5.40. The van der Waals surface area contributed by atoms with Crippen LogP contribution < -0.4 is 5.32 Å². The first-order valence-electron chi connectivity index (χ1n) is 7.05. The molecule has 2 atom stereocenters. The minimum atomic E-state index is -0.101. The van der Waals surface area contributed by atoms with Gasteiger partial charge in [-0.05, 0) is 43.7 Å². The van der Waals surface area contributed by atoms with Crippen LogP contribution in [0.4, 0.5) is 0 Å². The summed E-state index contributed by atoms with van der Waals surface area (Å²) in [7, 11) is 0. The molecule has 1 aliphatic carbocycles. The smallest absolute Gasteiger partial charge is 0.261 e. The van der Waals surface area contributed by atoms with Gasteiger partial charge in [-0.1, -0.05) is 6.92 Å². The maximum atomic E-state index is 12.3. The summed E-state index contributed by atoms with van der Waals surface area (Å²) >= 11 is 1.64. The number of aryl methyl sites for hydroxylation is 1. The molecule has 2 heterocycles. The van der Waals surface area contributed by atoms with Crippen molar-refractivity contribution in [3.63, 3.8) is 0 Å². The van der Waals surface area contributed by atoms with E-state index in [-0.39, 0.29) is 11.9 Å². The Balaban J connectivity index is 1.72. The molecule has 2 aromatic rings. The maximum absolute atomic E-state index is 12.3. The molecule has 2 unspecified atom stereocenters. The van der Waals surface area contributed by atoms with Crippen LogP contribution in [0.1, 0.15) is 52.2 Å². The molecule has 2 aromatic heterocycles. The molecular weight excluding hydrogens is 270 g/mol. The summed E-state index contributed by atoms with van der Waals surface area (Å²) in [6, 6.07) is 1.97. The lowest BCUT2D eigenvalue weighted by Crippen LogP contribution is -2.26. The van der Waals surface area contributed by atoms with E-state index in [9.17, 15) is 4.79 Å². The molecule has 106 valence electrons. The lowest BCUT2D eigenvalue weighted by Gasteiger charge is -2.16. The molecular formula is C15H19N3OS. The number of hydrogen-bond acceptors (Lipinski definition) is 3. The van der Waals surface area contributed by atoms with E-state index in [0.29, 0.717) is 0 Å². The standard InChI is InChI=1S/C15H19N3OS/c1-9-3-4-12-11(7-9)8-13(20-12)15(19)18-10(2)14-16-5-6-17-14/h5-6,8-10H,3-4,7H2,1-2H3,(H,16,17)(H,18,19). The highest BCUT2D eigenvalue weighted by molar-refractivity contribution is 7.14. The van der Waals surface area contributed by atoms with Crippen LogP contribution in [0, 0.1) is 5.92 Å². The Morgan fingerprint density at radius 2 is 2.45 bits per heavy atom. The third-order valence-electron chi connectivity index (χ3n) is 3.83. The Bertz CT molecular complexity index is 603. The fourth-order valence-corrected chi connectivity index (χ4v) is 3.78. The molecule has 3 rings (SSSR count). The Morgan fingerprint density at radius 3 is 3.20 bits per heavy atom. The highest BCUT2D eigenvalue weighted by Gasteiger charge is 2.21. The van der Waals surface area contributed by atoms with Gasteiger partial charge >= 0.3 is 0 Å². The molecule has 0 spiro atoms. The zero-order valence-corrected chi connectivity index (χ0v) is 12.6. The van der Waals surface area contributed by atoms with Crippen molar-refractivity contribution in [2.24, 2.45) is 5.92 Å². The Hall–Kier alpha value is -1.62. The number of aromatic nitrogens is 2. The van der Waals surface area contributed by atoms with E-state index in [1.807, 2.05) is 6.92 Å². The topological polar surface area (TPSA) is 57.8 Å². The minimum absolute atomic E-state index is 0.000882. The Kier molecular flexibility index (Phi) is 3.61. The molecule has 5 heteroatoms. The van der Waals surface area contributed by atoms with Crippen molar-refractivity contribution < 1.29 is 4.79 Å². The fraction of sp³-hybridized carbons (Fsp3) is 0.467. The van der Waals surface area contributed by atoms with Crippen molar-refractivity contribution >= 4 is 17.2 Å². The lowest BCUT2D eigenvalue weighted by atomic mass is 9.90. The largest absolute Gasteiger partial charge is 0.347 e. The molecule has 0 fully saturated rings. The van der Waals surface area contributed by atoms with Crippen LogP contribution in [0.3, 0.4) is 0 Å². The van der Waals surface area contributed by atoms with E-state index < -0.39 is 0 Å². The molecule has 0 radical (unpaired) electrons. The second-order valence-corrected chi connectivity index (χ2v) is 6.71. The second-order valence-electron chi connectivity index (χ2n) is 5.58. The number of thiophene rings is 1. The lowest BCUT2D eigenvalue weighted by molar-refractivity contribution is 0.0942. The monoisotopic (exact) mass is 289 g/mol. The van der Waals surface area contributed by atoms with Gasteiger partial charge in [0.2, 0.25) is 0 Å². The summed E-state index contributed by atoms with van der Waals surface area (Å²) in [5.41, 5.74) is 1.37. The maximum Gasteiger partial charge on any atom is 0.261 e. The first-order chi connectivity index (χ1) is 9.63. The van der Waals surface area contributed by atoms with Gasteiger partial charge in [0.15, 0.2) is 0 Å². The molecule has 0 saturated heterocycles. The van der Waals surface area contributed by atoms with Crippen LogP contribution >= 0.6 is 11.3 Å². The summed E-state index contributed by atoms with van der Waals surface area (Å²) < 4.78 is 0. The predicted molar refractivity (Wildman–Crippen MR) is 80.0 cm³/mol. The normalized spacial score (nSPS) is 19.4. The van der Waals surface area contributed by atoms with Crippen LogP contribution in [-0.2, 0) is 12.8 Å². The quantitative estimate of drug-likeness (QED) is 0.912. The van der Waals surface area contributed by atoms with Gasteiger partial charge in [-0.2, -0.15) is 0 Å². The third kappa shape index (κ3) is 2.63. The van der Waals surface area contributed by atoms with Gasteiger partial charge in [0, 0.05) is 17.3 Å². The van der Waals surface area contributed by atoms with Crippen LogP contribution in [-0.4, -0.2) is 15.9 Å². The van der Waals surface area contributed by atoms with Gasteiger partial charge in [0.05, 0.1) is 10.9 Å². The number of hydrogen-bond donors (Lipinski definition) is 2. The molecule has 20 heavy (non-hydrogen) atoms. The molecule has 0 aliphatic heterocycles. The highest BCUT2D eigenvalue weighted by Crippen LogP contribution is 2.32. The number of fused-ring (bicyclic) bond motifs is 1. The first-order valence-corrected chi connectivity index (χ1v) is 7.87. The van der Waals surface area contributed by atoms with Gasteiger partial charge in [-0.25, -0.2) is 4.98 Å². The summed E-state index contributed by atoms with van der Waals surface area (Å²) in [5, 5.41) is 3.00. The number of H-pyrrole nitrogens is 1. The predicted octanol–water partition coefficient (Wildman–Crippen LogP) is 3.09. The fourth-order valence-electron chi connectivity index (χ4n) is 2.67. The van der Waals surface area contributed by atoms with Crippen molar-refractivity contribution in [3.05, 3.63) is 39.6 Å². The minimum Gasteiger partial charge on any atom is -0.347 e. The Labute approximate surface area is 122 Å². The summed E-state index contributed by atoms with van der Waals surface area (Å²) in [6.07, 6.45) is 6.92. The number of aromatic amines is 1. The molecule has 1 aliphatic rings. The molecule has 0 bridgehead atoms. The van der Waals surface area contributed by atoms with E-state index in [2.05, 4.69) is 28.3 Å². The van der Waals surface area contributed by atoms with Gasteiger partial charge < -0.3 is 10.3 Å². The zero-order chi connectivity index (χ0) is 14.1. The third-order valence-corrected chi connectivity index (χ3v) is 5.07. The van der Waals surface area contributed by atoms with Gasteiger partial charge in [-0.15, -0.1) is 11.3 Å². The van der Waals surface area contributed by atoms with Crippen LogP contribution in [0.15, 0.2) is 18.5 Å². The summed E-state index contributed by atoms with van der Waals surface area (Å²) in [6.45, 7) is 4.21. The SMILES string of the molecule is CC1CCc2sc(C(=O)NC(C)c3ncc[nH]3)cc2C1. The molecule has 1 amide bonds. The summed E-state index contributed by atoms with van der Waals surface area (Å²) in [5.74, 6) is 1.52. The van der Waals surface area contributed by atoms with Crippen molar-refractivity contribution in [1.82, 2.24) is 15.3 Å². The van der Waals surface area contributed by atoms with E-state index in [1.54, 1.807) is 23.7 Å². The number of carbonyl (C=O) groups excluding carboxylic acids is 1. The van der Waals surface area contributed by atoms with E-state index in [1.165, 1.54) is 16.9 Å². The average Bonchev–Trinajstić information content (AvgIpc) is 3.07. The van der Waals surface area contributed by atoms with E-state index in [0.717, 1.165) is 29.5 Å². The number of imidazole rings is 1. The first kappa shape index (κ1) is 13.4. The van der Waals surface area contributed by atoms with Crippen LogP contribution in [0.2, 0.25) is 0 Å². The van der Waals surface area contributed by atoms with E-state index in [4.69, 9.17) is 0 Å². The van der Waals surface area contributed by atoms with Gasteiger partial charge in [0.25, 0.3) is 5.91 Å². The van der Waals surface area contributed by atoms with Gasteiger partial charge in [0.1, 0.15) is 5.82 Å². The van der Waals surface area contributed by atoms with Crippen molar-refractivity contribution in [2.45, 2.75) is 39.2 Å². The van der Waals surface area contributed by atoms with Crippen molar-refractivity contribution in [1.29, 1.82) is 0 Å². The summed E-state index contributed by atoms with van der Waals surface area (Å²) in [4.78, 5) is 21.7. The average molecular weight is 289 g/mol. The van der Waals surface area contributed by atoms with Crippen LogP contribution in [0.25, 0.3) is 0 Å². The number of rotatable bonds is 3. The zero-order valence-electron chi connectivity index (χ0n) is 11.8. The molecule has 2 N–H and O–H groups in total. The molecule has 0 saturated carbocycles. The number of amides is 1. The molecule has 0 aromatic carbocycles. The number of nitrogens with zero attached hydrogens (tertiary/aromatic N) is 1. The number of nitrogens with one attached hydrogen (secondary N) is 2. The van der Waals surface area contributed by atoms with E-state index >= 15 is 0 Å². The van der Waals surface area contributed by atoms with Crippen molar-refractivity contribution in [2.75, 3.05) is 0 Å². The number of carbonyl (C=O) groups is 1.